The molecule has 0 spiro atoms. The molecule has 4 nitrogen and oxygen atoms in total. The van der Waals surface area contributed by atoms with Gasteiger partial charge in [-0.25, -0.2) is 4.68 Å². The van der Waals surface area contributed by atoms with Gasteiger partial charge in [0.1, 0.15) is 0 Å². The molecular weight excluding hydrogens is 394 g/mol. The van der Waals surface area contributed by atoms with Crippen molar-refractivity contribution in [2.45, 2.75) is 40.7 Å². The highest BCUT2D eigenvalue weighted by Gasteiger charge is 2.13. The van der Waals surface area contributed by atoms with Crippen LogP contribution < -0.4 is 5.32 Å². The highest BCUT2D eigenvalue weighted by atomic mass is 16.1. The lowest BCUT2D eigenvalue weighted by Crippen LogP contribution is -2.09. The number of allylic oxidation sites excluding steroid dienone is 4. The maximum Gasteiger partial charge on any atom is 0.207 e. The molecule has 1 N–H and O–H groups in total. The van der Waals surface area contributed by atoms with Crippen molar-refractivity contribution in [1.82, 2.24) is 15.1 Å². The van der Waals surface area contributed by atoms with Gasteiger partial charge in [0, 0.05) is 12.2 Å². The Morgan fingerprint density at radius 1 is 1.03 bits per heavy atom. The molecule has 0 fully saturated rings. The van der Waals surface area contributed by atoms with Gasteiger partial charge in [0.25, 0.3) is 0 Å². The first-order valence-corrected chi connectivity index (χ1v) is 10.8. The average Bonchev–Trinajstić information content (AvgIpc) is 3.15. The SMILES string of the molecule is C/C=C(\C=C/CC)c1nn(-c2ccccc2)c(C)c1C.C=C.O=CNCc1ccccc1. The van der Waals surface area contributed by atoms with Crippen LogP contribution in [0.3, 0.4) is 0 Å². The van der Waals surface area contributed by atoms with Crippen LogP contribution in [-0.2, 0) is 11.3 Å². The number of carbonyl (C=O) groups is 1. The number of nitrogens with one attached hydrogen (secondary N) is 1. The smallest absolute Gasteiger partial charge is 0.207 e. The summed E-state index contributed by atoms with van der Waals surface area (Å²) in [6, 6.07) is 20.1. The molecule has 0 radical (unpaired) electrons. The maximum absolute atomic E-state index is 9.87. The van der Waals surface area contributed by atoms with E-state index >= 15 is 0 Å². The zero-order chi connectivity index (χ0) is 23.8. The van der Waals surface area contributed by atoms with Crippen LogP contribution in [0.15, 0.2) is 92.0 Å². The molecule has 168 valence electrons. The average molecular weight is 430 g/mol. The lowest BCUT2D eigenvalue weighted by molar-refractivity contribution is -0.109. The summed E-state index contributed by atoms with van der Waals surface area (Å²) in [6.07, 6.45) is 8.19. The Morgan fingerprint density at radius 3 is 2.16 bits per heavy atom. The Hall–Kier alpha value is -3.66. The third kappa shape index (κ3) is 7.88. The molecule has 0 saturated carbocycles. The van der Waals surface area contributed by atoms with E-state index in [4.69, 9.17) is 5.10 Å². The molecule has 1 heterocycles. The number of carbonyl (C=O) groups excluding carboxylic acids is 1. The van der Waals surface area contributed by atoms with E-state index in [-0.39, 0.29) is 0 Å². The van der Waals surface area contributed by atoms with E-state index in [2.05, 4.69) is 76.5 Å². The van der Waals surface area contributed by atoms with Crippen molar-refractivity contribution in [1.29, 1.82) is 0 Å². The highest BCUT2D eigenvalue weighted by Crippen LogP contribution is 2.24. The molecule has 0 saturated heterocycles. The Balaban J connectivity index is 0.000000358. The minimum Gasteiger partial charge on any atom is -0.355 e. The molecule has 3 rings (SSSR count). The predicted molar refractivity (Wildman–Crippen MR) is 137 cm³/mol. The van der Waals surface area contributed by atoms with Crippen molar-refractivity contribution in [3.63, 3.8) is 0 Å². The van der Waals surface area contributed by atoms with E-state index in [1.54, 1.807) is 0 Å². The first-order valence-electron chi connectivity index (χ1n) is 10.8. The Kier molecular flexibility index (Phi) is 12.5. The van der Waals surface area contributed by atoms with Crippen LogP contribution in [0.2, 0.25) is 0 Å². The zero-order valence-electron chi connectivity index (χ0n) is 19.7. The summed E-state index contributed by atoms with van der Waals surface area (Å²) in [4.78, 5) is 9.87. The van der Waals surface area contributed by atoms with Crippen molar-refractivity contribution in [2.75, 3.05) is 0 Å². The van der Waals surface area contributed by atoms with E-state index in [0.717, 1.165) is 23.4 Å². The number of amides is 1. The van der Waals surface area contributed by atoms with Crippen LogP contribution in [0.25, 0.3) is 11.3 Å². The fourth-order valence-electron chi connectivity index (χ4n) is 2.99. The lowest BCUT2D eigenvalue weighted by Gasteiger charge is -2.03. The molecule has 4 heteroatoms. The number of para-hydroxylation sites is 1. The van der Waals surface area contributed by atoms with Gasteiger partial charge in [-0.3, -0.25) is 4.79 Å². The molecule has 2 aromatic carbocycles. The second-order valence-electron chi connectivity index (χ2n) is 6.85. The summed E-state index contributed by atoms with van der Waals surface area (Å²) >= 11 is 0. The second-order valence-corrected chi connectivity index (χ2v) is 6.85. The summed E-state index contributed by atoms with van der Waals surface area (Å²) in [5, 5.41) is 7.38. The van der Waals surface area contributed by atoms with Gasteiger partial charge in [-0.1, -0.05) is 73.7 Å². The minimum atomic E-state index is 0.615. The number of hydrogen-bond donors (Lipinski definition) is 1. The largest absolute Gasteiger partial charge is 0.355 e. The summed E-state index contributed by atoms with van der Waals surface area (Å²) in [7, 11) is 0. The normalized spacial score (nSPS) is 10.6. The molecule has 0 bridgehead atoms. The Labute approximate surface area is 193 Å². The van der Waals surface area contributed by atoms with E-state index in [0.29, 0.717) is 13.0 Å². The summed E-state index contributed by atoms with van der Waals surface area (Å²) in [5.41, 5.74) is 6.91. The van der Waals surface area contributed by atoms with Gasteiger partial charge in [0.2, 0.25) is 6.41 Å². The van der Waals surface area contributed by atoms with Gasteiger partial charge in [-0.15, -0.1) is 13.2 Å². The van der Waals surface area contributed by atoms with Gasteiger partial charge in [-0.2, -0.15) is 5.10 Å². The van der Waals surface area contributed by atoms with Crippen LogP contribution in [0.5, 0.6) is 0 Å². The van der Waals surface area contributed by atoms with Gasteiger partial charge in [-0.05, 0) is 56.0 Å². The van der Waals surface area contributed by atoms with Crippen molar-refractivity contribution in [3.05, 3.63) is 115 Å². The summed E-state index contributed by atoms with van der Waals surface area (Å²) in [5.74, 6) is 0. The number of rotatable bonds is 7. The van der Waals surface area contributed by atoms with Gasteiger partial charge in [0.15, 0.2) is 0 Å². The number of hydrogen-bond acceptors (Lipinski definition) is 2. The maximum atomic E-state index is 9.87. The lowest BCUT2D eigenvalue weighted by atomic mass is 10.1. The van der Waals surface area contributed by atoms with Crippen LogP contribution >= 0.6 is 0 Å². The molecule has 0 aliphatic heterocycles. The summed E-state index contributed by atoms with van der Waals surface area (Å²) in [6.45, 7) is 15.1. The van der Waals surface area contributed by atoms with E-state index < -0.39 is 0 Å². The number of nitrogens with zero attached hydrogens (tertiary/aromatic N) is 2. The van der Waals surface area contributed by atoms with Crippen LogP contribution in [0.1, 0.15) is 42.8 Å². The fraction of sp³-hybridized carbons (Fsp3) is 0.214. The van der Waals surface area contributed by atoms with Crippen molar-refractivity contribution < 1.29 is 4.79 Å². The molecule has 1 amide bonds. The van der Waals surface area contributed by atoms with E-state index in [1.165, 1.54) is 16.8 Å². The van der Waals surface area contributed by atoms with Crippen molar-refractivity contribution in [3.8, 4) is 5.69 Å². The molecule has 32 heavy (non-hydrogen) atoms. The molecule has 1 aromatic heterocycles. The topological polar surface area (TPSA) is 46.9 Å². The standard InChI is InChI=1S/C18H22N2.C8H9NO.C2H4/c1-5-7-11-16(6-2)18-14(3)15(4)20(19-18)17-12-9-8-10-13-17;10-7-9-6-8-4-2-1-3-5-8;1-2/h6-13H,5H2,1-4H3;1-5,7H,6H2,(H,9,10);1-2H2/b11-7-,16-6+;;. The predicted octanol–water partition coefficient (Wildman–Crippen LogP) is 6.59. The quantitative estimate of drug-likeness (QED) is 0.261. The Bertz CT molecular complexity index is 986. The van der Waals surface area contributed by atoms with Crippen molar-refractivity contribution in [2.24, 2.45) is 0 Å². The van der Waals surface area contributed by atoms with E-state index in [1.807, 2.05) is 53.2 Å². The van der Waals surface area contributed by atoms with Crippen LogP contribution in [0.4, 0.5) is 0 Å². The number of benzene rings is 2. The molecule has 0 aliphatic rings. The molecular formula is C28H35N3O. The molecule has 0 aliphatic carbocycles. The monoisotopic (exact) mass is 429 g/mol. The van der Waals surface area contributed by atoms with E-state index in [9.17, 15) is 4.79 Å². The van der Waals surface area contributed by atoms with Crippen LogP contribution in [-0.4, -0.2) is 16.2 Å². The fourth-order valence-corrected chi connectivity index (χ4v) is 2.99. The van der Waals surface area contributed by atoms with Gasteiger partial charge in [0.05, 0.1) is 11.4 Å². The Morgan fingerprint density at radius 2 is 1.62 bits per heavy atom. The first-order chi connectivity index (χ1) is 15.6. The van der Waals surface area contributed by atoms with Gasteiger partial charge >= 0.3 is 0 Å². The first kappa shape index (κ1) is 26.4. The van der Waals surface area contributed by atoms with Gasteiger partial charge < -0.3 is 5.32 Å². The third-order valence-electron chi connectivity index (χ3n) is 4.77. The van der Waals surface area contributed by atoms with Crippen LogP contribution in [0, 0.1) is 13.8 Å². The minimum absolute atomic E-state index is 0.615. The second kappa shape index (κ2) is 15.2. The molecule has 0 unspecified atom stereocenters. The van der Waals surface area contributed by atoms with Crippen molar-refractivity contribution >= 4 is 12.0 Å². The zero-order valence-corrected chi connectivity index (χ0v) is 19.7. The molecule has 3 aromatic rings. The third-order valence-corrected chi connectivity index (χ3v) is 4.77. The number of aromatic nitrogens is 2. The molecule has 0 atom stereocenters. The highest BCUT2D eigenvalue weighted by molar-refractivity contribution is 5.74. The summed E-state index contributed by atoms with van der Waals surface area (Å²) < 4.78 is 2.02.